The van der Waals surface area contributed by atoms with E-state index in [1.807, 2.05) is 19.1 Å². The van der Waals surface area contributed by atoms with Crippen molar-refractivity contribution in [2.75, 3.05) is 11.4 Å². The number of fused-ring (bicyclic) bond motifs is 1. The van der Waals surface area contributed by atoms with Crippen molar-refractivity contribution >= 4 is 23.1 Å². The third-order valence-corrected chi connectivity index (χ3v) is 6.95. The summed E-state index contributed by atoms with van der Waals surface area (Å²) >= 11 is 0. The molecule has 2 aliphatic carbocycles. The molecule has 5 heteroatoms. The molecule has 0 aromatic heterocycles. The van der Waals surface area contributed by atoms with Gasteiger partial charge in [0.1, 0.15) is 0 Å². The van der Waals surface area contributed by atoms with Gasteiger partial charge in [-0.25, -0.2) is 0 Å². The first-order chi connectivity index (χ1) is 14.1. The van der Waals surface area contributed by atoms with Crippen molar-refractivity contribution < 1.29 is 9.59 Å². The Morgan fingerprint density at radius 2 is 1.72 bits per heavy atom. The molecule has 0 radical (unpaired) electrons. The Balaban J connectivity index is 1.70. The molecule has 3 aliphatic rings. The number of rotatable bonds is 4. The van der Waals surface area contributed by atoms with Crippen LogP contribution < -0.4 is 10.6 Å². The molecule has 1 aromatic carbocycles. The summed E-state index contributed by atoms with van der Waals surface area (Å²) in [5.74, 6) is 0.329. The van der Waals surface area contributed by atoms with Crippen LogP contribution in [0.2, 0.25) is 0 Å². The fourth-order valence-electron chi connectivity index (χ4n) is 5.34. The molecular weight excluding hydrogens is 362 g/mol. The van der Waals surface area contributed by atoms with Crippen molar-refractivity contribution in [2.45, 2.75) is 77.3 Å². The molecule has 0 saturated heterocycles. The Labute approximate surface area is 173 Å². The lowest BCUT2D eigenvalue weighted by atomic mass is 9.82. The summed E-state index contributed by atoms with van der Waals surface area (Å²) in [4.78, 5) is 32.7. The molecule has 0 spiro atoms. The molecule has 156 valence electrons. The van der Waals surface area contributed by atoms with Crippen LogP contribution >= 0.6 is 0 Å². The van der Waals surface area contributed by atoms with Crippen LogP contribution in [0, 0.1) is 18.8 Å². The lowest BCUT2D eigenvalue weighted by Gasteiger charge is -2.29. The summed E-state index contributed by atoms with van der Waals surface area (Å²) in [6.07, 6.45) is 10.2. The van der Waals surface area contributed by atoms with E-state index in [9.17, 15) is 9.59 Å². The summed E-state index contributed by atoms with van der Waals surface area (Å²) in [6, 6.07) is 6.09. The SMILES string of the molecule is Cc1cccc2c1N(CC(=O)C1CCCCC1)C(=O)C(N)N=C2C1CCCCC1. The van der Waals surface area contributed by atoms with Crippen LogP contribution in [-0.4, -0.2) is 30.1 Å². The van der Waals surface area contributed by atoms with E-state index >= 15 is 0 Å². The van der Waals surface area contributed by atoms with Gasteiger partial charge in [-0.15, -0.1) is 0 Å². The summed E-state index contributed by atoms with van der Waals surface area (Å²) in [7, 11) is 0. The number of aryl methyl sites for hydroxylation is 1. The van der Waals surface area contributed by atoms with Crippen molar-refractivity contribution in [1.29, 1.82) is 0 Å². The number of nitrogens with zero attached hydrogens (tertiary/aromatic N) is 2. The Morgan fingerprint density at radius 3 is 2.41 bits per heavy atom. The number of hydrogen-bond donors (Lipinski definition) is 1. The number of hydrogen-bond acceptors (Lipinski definition) is 4. The van der Waals surface area contributed by atoms with E-state index in [0.29, 0.717) is 5.92 Å². The zero-order valence-corrected chi connectivity index (χ0v) is 17.5. The van der Waals surface area contributed by atoms with Gasteiger partial charge in [-0.1, -0.05) is 56.7 Å². The van der Waals surface area contributed by atoms with Crippen LogP contribution in [0.25, 0.3) is 0 Å². The van der Waals surface area contributed by atoms with Crippen LogP contribution in [-0.2, 0) is 9.59 Å². The molecule has 1 heterocycles. The minimum atomic E-state index is -0.933. The fourth-order valence-corrected chi connectivity index (χ4v) is 5.34. The van der Waals surface area contributed by atoms with Gasteiger partial charge < -0.3 is 10.6 Å². The van der Waals surface area contributed by atoms with Gasteiger partial charge in [-0.2, -0.15) is 0 Å². The highest BCUT2D eigenvalue weighted by Gasteiger charge is 2.35. The van der Waals surface area contributed by atoms with Gasteiger partial charge in [0.05, 0.1) is 12.2 Å². The van der Waals surface area contributed by atoms with E-state index < -0.39 is 6.17 Å². The number of benzene rings is 1. The number of amides is 1. The van der Waals surface area contributed by atoms with Gasteiger partial charge in [0.15, 0.2) is 11.9 Å². The van der Waals surface area contributed by atoms with Gasteiger partial charge in [-0.05, 0) is 38.2 Å². The molecule has 1 aromatic rings. The minimum absolute atomic E-state index is 0.0715. The predicted octanol–water partition coefficient (Wildman–Crippen LogP) is 4.15. The summed E-state index contributed by atoms with van der Waals surface area (Å²) in [5.41, 5.74) is 10.1. The monoisotopic (exact) mass is 395 g/mol. The first kappa shape index (κ1) is 20.3. The van der Waals surface area contributed by atoms with Gasteiger partial charge in [-0.3, -0.25) is 14.6 Å². The van der Waals surface area contributed by atoms with Crippen molar-refractivity contribution in [3.05, 3.63) is 29.3 Å². The minimum Gasteiger partial charge on any atom is -0.302 e. The second-order valence-electron chi connectivity index (χ2n) is 8.99. The van der Waals surface area contributed by atoms with E-state index in [1.54, 1.807) is 4.90 Å². The maximum absolute atomic E-state index is 13.2. The van der Waals surface area contributed by atoms with Gasteiger partial charge in [0.2, 0.25) is 0 Å². The fraction of sp³-hybridized carbons (Fsp3) is 0.625. The number of aliphatic imine (C=N–C) groups is 1. The van der Waals surface area contributed by atoms with E-state index in [1.165, 1.54) is 25.7 Å². The molecule has 5 nitrogen and oxygen atoms in total. The van der Waals surface area contributed by atoms with Crippen LogP contribution in [0.5, 0.6) is 0 Å². The first-order valence-electron chi connectivity index (χ1n) is 11.3. The number of carbonyl (C=O) groups excluding carboxylic acids is 2. The lowest BCUT2D eigenvalue weighted by molar-refractivity contribution is -0.125. The highest BCUT2D eigenvalue weighted by Crippen LogP contribution is 2.36. The molecular formula is C24H33N3O2. The standard InChI is InChI=1S/C24H33N3O2/c1-16-9-8-14-19-21(18-12-6-3-7-13-18)26-23(25)24(29)27(22(16)19)15-20(28)17-10-4-2-5-11-17/h8-9,14,17-18,23H,2-7,10-13,15,25H2,1H3. The molecule has 1 atom stereocenters. The summed E-state index contributed by atoms with van der Waals surface area (Å²) in [6.45, 7) is 2.13. The zero-order valence-electron chi connectivity index (χ0n) is 17.5. The molecule has 0 bridgehead atoms. The number of ketones is 1. The molecule has 29 heavy (non-hydrogen) atoms. The molecule has 1 amide bonds. The maximum atomic E-state index is 13.2. The third kappa shape index (κ3) is 4.16. The number of para-hydroxylation sites is 1. The van der Waals surface area contributed by atoms with Gasteiger partial charge in [0.25, 0.3) is 5.91 Å². The predicted molar refractivity (Wildman–Crippen MR) is 116 cm³/mol. The first-order valence-corrected chi connectivity index (χ1v) is 11.3. The molecule has 1 aliphatic heterocycles. The van der Waals surface area contributed by atoms with Crippen molar-refractivity contribution in [2.24, 2.45) is 22.6 Å². The van der Waals surface area contributed by atoms with Crippen LogP contribution in [0.3, 0.4) is 0 Å². The summed E-state index contributed by atoms with van der Waals surface area (Å²) < 4.78 is 0. The summed E-state index contributed by atoms with van der Waals surface area (Å²) in [5, 5.41) is 0. The highest BCUT2D eigenvalue weighted by atomic mass is 16.2. The number of benzodiazepines with no additional fused rings is 1. The van der Waals surface area contributed by atoms with Crippen molar-refractivity contribution in [3.8, 4) is 0 Å². The third-order valence-electron chi connectivity index (χ3n) is 6.95. The largest absolute Gasteiger partial charge is 0.302 e. The number of carbonyl (C=O) groups is 2. The van der Waals surface area contributed by atoms with Crippen molar-refractivity contribution in [1.82, 2.24) is 0 Å². The highest BCUT2D eigenvalue weighted by molar-refractivity contribution is 6.15. The van der Waals surface area contributed by atoms with Gasteiger partial charge >= 0.3 is 0 Å². The van der Waals surface area contributed by atoms with Crippen LogP contribution in [0.4, 0.5) is 5.69 Å². The van der Waals surface area contributed by atoms with E-state index in [4.69, 9.17) is 10.7 Å². The topological polar surface area (TPSA) is 75.8 Å². The normalized spacial score (nSPS) is 24.1. The van der Waals surface area contributed by atoms with Crippen LogP contribution in [0.1, 0.15) is 75.3 Å². The number of Topliss-reactive ketones (excluding diaryl/α,β-unsaturated/α-hetero) is 1. The zero-order chi connectivity index (χ0) is 20.4. The second-order valence-corrected chi connectivity index (χ2v) is 8.99. The number of nitrogens with two attached hydrogens (primary N) is 1. The van der Waals surface area contributed by atoms with E-state index in [0.717, 1.165) is 61.1 Å². The van der Waals surface area contributed by atoms with E-state index in [-0.39, 0.29) is 24.2 Å². The maximum Gasteiger partial charge on any atom is 0.266 e. The van der Waals surface area contributed by atoms with Crippen LogP contribution in [0.15, 0.2) is 23.2 Å². The lowest BCUT2D eigenvalue weighted by Crippen LogP contribution is -2.46. The quantitative estimate of drug-likeness (QED) is 0.832. The van der Waals surface area contributed by atoms with Crippen molar-refractivity contribution in [3.63, 3.8) is 0 Å². The smallest absolute Gasteiger partial charge is 0.266 e. The average molecular weight is 396 g/mol. The Bertz CT molecular complexity index is 804. The Morgan fingerprint density at radius 1 is 1.07 bits per heavy atom. The number of anilines is 1. The second kappa shape index (κ2) is 8.78. The molecule has 2 N–H and O–H groups in total. The average Bonchev–Trinajstić information content (AvgIpc) is 2.86. The molecule has 2 saturated carbocycles. The molecule has 4 rings (SSSR count). The Kier molecular flexibility index (Phi) is 6.14. The van der Waals surface area contributed by atoms with Gasteiger partial charge in [0, 0.05) is 23.1 Å². The Hall–Kier alpha value is -2.01. The molecule has 2 fully saturated rings. The van der Waals surface area contributed by atoms with E-state index in [2.05, 4.69) is 6.07 Å². The molecule has 1 unspecified atom stereocenters.